The van der Waals surface area contributed by atoms with Gasteiger partial charge in [-0.1, -0.05) is 67.3 Å². The van der Waals surface area contributed by atoms with Crippen LogP contribution in [0.25, 0.3) is 0 Å². The van der Waals surface area contributed by atoms with E-state index < -0.39 is 10.0 Å². The SMILES string of the molecule is CC1CC(C)CN(S(=O)(=O)c2cccc(C(=O)CNc3nnc(SCc4ccccc4F)s3)c2)C1. The van der Waals surface area contributed by atoms with Gasteiger partial charge in [0.15, 0.2) is 10.1 Å². The molecule has 1 N–H and O–H groups in total. The van der Waals surface area contributed by atoms with Crippen LogP contribution in [0, 0.1) is 17.7 Å². The van der Waals surface area contributed by atoms with Gasteiger partial charge in [-0.15, -0.1) is 10.2 Å². The van der Waals surface area contributed by atoms with Gasteiger partial charge in [0.1, 0.15) is 5.82 Å². The fourth-order valence-electron chi connectivity index (χ4n) is 4.13. The van der Waals surface area contributed by atoms with Crippen molar-refractivity contribution >= 4 is 44.0 Å². The van der Waals surface area contributed by atoms with Crippen LogP contribution in [0.15, 0.2) is 57.8 Å². The van der Waals surface area contributed by atoms with Crippen LogP contribution < -0.4 is 5.32 Å². The maximum absolute atomic E-state index is 13.8. The van der Waals surface area contributed by atoms with Gasteiger partial charge in [0.05, 0.1) is 11.4 Å². The smallest absolute Gasteiger partial charge is 0.243 e. The van der Waals surface area contributed by atoms with Crippen LogP contribution in [0.1, 0.15) is 36.2 Å². The van der Waals surface area contributed by atoms with Crippen molar-refractivity contribution < 1.29 is 17.6 Å². The number of hydrogen-bond acceptors (Lipinski definition) is 8. The maximum Gasteiger partial charge on any atom is 0.243 e. The van der Waals surface area contributed by atoms with Gasteiger partial charge in [-0.3, -0.25) is 4.79 Å². The van der Waals surface area contributed by atoms with Gasteiger partial charge in [0, 0.05) is 24.4 Å². The Morgan fingerprint density at radius 1 is 1.14 bits per heavy atom. The zero-order valence-electron chi connectivity index (χ0n) is 19.5. The second-order valence-electron chi connectivity index (χ2n) is 8.83. The van der Waals surface area contributed by atoms with Crippen LogP contribution in [0.5, 0.6) is 0 Å². The molecule has 3 aromatic rings. The summed E-state index contributed by atoms with van der Waals surface area (Å²) in [7, 11) is -3.67. The summed E-state index contributed by atoms with van der Waals surface area (Å²) in [5, 5.41) is 11.5. The zero-order valence-corrected chi connectivity index (χ0v) is 21.9. The number of anilines is 1. The van der Waals surface area contributed by atoms with Crippen LogP contribution in [0.2, 0.25) is 0 Å². The lowest BCUT2D eigenvalue weighted by Crippen LogP contribution is -2.42. The first-order valence-electron chi connectivity index (χ1n) is 11.3. The van der Waals surface area contributed by atoms with E-state index in [1.165, 1.54) is 45.6 Å². The van der Waals surface area contributed by atoms with Crippen molar-refractivity contribution in [1.29, 1.82) is 0 Å². The normalized spacial score (nSPS) is 18.9. The number of halogens is 1. The molecule has 1 fully saturated rings. The van der Waals surface area contributed by atoms with Crippen molar-refractivity contribution in [1.82, 2.24) is 14.5 Å². The molecular weight excluding hydrogens is 507 g/mol. The molecule has 186 valence electrons. The standard InChI is InChI=1S/C24H27FN4O3S3/c1-16-10-17(2)14-29(13-16)35(31,32)20-8-5-7-18(11-20)22(30)12-26-23-27-28-24(34-23)33-15-19-6-3-4-9-21(19)25/h3-9,11,16-17H,10,12-15H2,1-2H3,(H,26,27). The highest BCUT2D eigenvalue weighted by atomic mass is 32.2. The first-order valence-corrected chi connectivity index (χ1v) is 14.5. The molecule has 11 heteroatoms. The molecule has 4 rings (SSSR count). The average Bonchev–Trinajstić information content (AvgIpc) is 3.29. The van der Waals surface area contributed by atoms with Gasteiger partial charge < -0.3 is 5.32 Å². The molecule has 0 radical (unpaired) electrons. The van der Waals surface area contributed by atoms with Gasteiger partial charge in [0.25, 0.3) is 0 Å². The Morgan fingerprint density at radius 2 is 1.89 bits per heavy atom. The van der Waals surface area contributed by atoms with E-state index in [2.05, 4.69) is 29.4 Å². The van der Waals surface area contributed by atoms with Crippen molar-refractivity contribution in [2.45, 2.75) is 35.3 Å². The predicted molar refractivity (Wildman–Crippen MR) is 137 cm³/mol. The fourth-order valence-corrected chi connectivity index (χ4v) is 7.59. The first-order chi connectivity index (χ1) is 16.7. The van der Waals surface area contributed by atoms with E-state index >= 15 is 0 Å². The molecule has 0 spiro atoms. The van der Waals surface area contributed by atoms with Crippen LogP contribution >= 0.6 is 23.1 Å². The summed E-state index contributed by atoms with van der Waals surface area (Å²) in [6.45, 7) is 5.04. The summed E-state index contributed by atoms with van der Waals surface area (Å²) in [4.78, 5) is 12.9. The molecule has 0 saturated carbocycles. The lowest BCUT2D eigenvalue weighted by Gasteiger charge is -2.34. The Morgan fingerprint density at radius 3 is 2.63 bits per heavy atom. The van der Waals surface area contributed by atoms with E-state index in [4.69, 9.17) is 0 Å². The number of thioether (sulfide) groups is 1. The molecule has 35 heavy (non-hydrogen) atoms. The maximum atomic E-state index is 13.8. The van der Waals surface area contributed by atoms with Crippen molar-refractivity contribution in [3.8, 4) is 0 Å². The third-order valence-electron chi connectivity index (χ3n) is 5.74. The first kappa shape index (κ1) is 25.7. The molecule has 0 amide bonds. The lowest BCUT2D eigenvalue weighted by molar-refractivity contribution is 0.101. The minimum Gasteiger partial charge on any atom is -0.353 e. The second kappa shape index (κ2) is 11.2. The summed E-state index contributed by atoms with van der Waals surface area (Å²) in [6.07, 6.45) is 1.01. The van der Waals surface area contributed by atoms with Crippen molar-refractivity contribution in [3.63, 3.8) is 0 Å². The van der Waals surface area contributed by atoms with Crippen molar-refractivity contribution in [3.05, 3.63) is 65.5 Å². The molecule has 0 aliphatic carbocycles. The number of carbonyl (C=O) groups is 1. The van der Waals surface area contributed by atoms with Crippen molar-refractivity contribution in [2.75, 3.05) is 25.0 Å². The van der Waals surface area contributed by atoms with Gasteiger partial charge in [-0.25, -0.2) is 12.8 Å². The van der Waals surface area contributed by atoms with E-state index in [0.29, 0.717) is 51.3 Å². The van der Waals surface area contributed by atoms with E-state index in [-0.39, 0.29) is 23.0 Å². The van der Waals surface area contributed by atoms with E-state index in [1.54, 1.807) is 30.3 Å². The highest BCUT2D eigenvalue weighted by molar-refractivity contribution is 8.00. The molecule has 0 bridgehead atoms. The molecule has 2 aromatic carbocycles. The number of aromatic nitrogens is 2. The highest BCUT2D eigenvalue weighted by Gasteiger charge is 2.32. The molecule has 2 atom stereocenters. The Hall–Kier alpha value is -2.34. The Labute approximate surface area is 213 Å². The van der Waals surface area contributed by atoms with E-state index in [1.807, 2.05) is 0 Å². The molecule has 7 nitrogen and oxygen atoms in total. The van der Waals surface area contributed by atoms with Crippen molar-refractivity contribution in [2.24, 2.45) is 11.8 Å². The third-order valence-corrected chi connectivity index (χ3v) is 9.64. The number of piperidine rings is 1. The number of ketones is 1. The Kier molecular flexibility index (Phi) is 8.20. The van der Waals surface area contributed by atoms with Crippen LogP contribution in [-0.2, 0) is 15.8 Å². The number of nitrogens with zero attached hydrogens (tertiary/aromatic N) is 3. The van der Waals surface area contributed by atoms with Crippen LogP contribution in [0.3, 0.4) is 0 Å². The van der Waals surface area contributed by atoms with Crippen LogP contribution in [0.4, 0.5) is 9.52 Å². The number of hydrogen-bond donors (Lipinski definition) is 1. The van der Waals surface area contributed by atoms with Gasteiger partial charge in [0.2, 0.25) is 15.2 Å². The molecule has 1 aromatic heterocycles. The van der Waals surface area contributed by atoms with Gasteiger partial charge in [-0.2, -0.15) is 4.31 Å². The summed E-state index contributed by atoms with van der Waals surface area (Å²) in [5.41, 5.74) is 0.899. The topological polar surface area (TPSA) is 92.3 Å². The fraction of sp³-hybridized carbons (Fsp3) is 0.375. The Balaban J connectivity index is 1.36. The minimum absolute atomic E-state index is 0.0477. The second-order valence-corrected chi connectivity index (χ2v) is 13.0. The minimum atomic E-state index is -3.67. The summed E-state index contributed by atoms with van der Waals surface area (Å²) in [6, 6.07) is 12.8. The van der Waals surface area contributed by atoms with Gasteiger partial charge >= 0.3 is 0 Å². The molecular formula is C24H27FN4O3S3. The number of nitrogens with one attached hydrogen (secondary N) is 1. The number of benzene rings is 2. The predicted octanol–water partition coefficient (Wildman–Crippen LogP) is 4.93. The Bertz CT molecular complexity index is 1290. The lowest BCUT2D eigenvalue weighted by atomic mass is 9.94. The van der Waals surface area contributed by atoms with E-state index in [9.17, 15) is 17.6 Å². The molecule has 1 aliphatic rings. The molecule has 1 aliphatic heterocycles. The zero-order chi connectivity index (χ0) is 25.0. The average molecular weight is 535 g/mol. The number of rotatable bonds is 9. The van der Waals surface area contributed by atoms with Gasteiger partial charge in [-0.05, 0) is 42.0 Å². The molecule has 2 unspecified atom stereocenters. The summed E-state index contributed by atoms with van der Waals surface area (Å²) < 4.78 is 42.3. The number of sulfonamides is 1. The third kappa shape index (κ3) is 6.46. The van der Waals surface area contributed by atoms with E-state index in [0.717, 1.165) is 6.42 Å². The number of carbonyl (C=O) groups excluding carboxylic acids is 1. The van der Waals surface area contributed by atoms with Crippen LogP contribution in [-0.4, -0.2) is 48.3 Å². The largest absolute Gasteiger partial charge is 0.353 e. The molecule has 1 saturated heterocycles. The molecule has 2 heterocycles. The quantitative estimate of drug-likeness (QED) is 0.307. The summed E-state index contributed by atoms with van der Waals surface area (Å²) in [5.74, 6) is 0.504. The monoisotopic (exact) mass is 534 g/mol. The summed E-state index contributed by atoms with van der Waals surface area (Å²) >= 11 is 2.64. The number of Topliss-reactive ketones (excluding diaryl/α,β-unsaturated/α-hetero) is 1. The highest BCUT2D eigenvalue weighted by Crippen LogP contribution is 2.29.